The van der Waals surface area contributed by atoms with Gasteiger partial charge in [0.25, 0.3) is 0 Å². The second kappa shape index (κ2) is 5.98. The van der Waals surface area contributed by atoms with E-state index in [2.05, 4.69) is 15.9 Å². The second-order valence-corrected chi connectivity index (χ2v) is 6.85. The predicted octanol–water partition coefficient (Wildman–Crippen LogP) is 3.26. The third-order valence-corrected chi connectivity index (χ3v) is 5.53. The summed E-state index contributed by atoms with van der Waals surface area (Å²) in [6, 6.07) is 6.89. The quantitative estimate of drug-likeness (QED) is 0.835. The van der Waals surface area contributed by atoms with Crippen LogP contribution in [0.4, 0.5) is 0 Å². The maximum Gasteiger partial charge on any atom is 0.244 e. The van der Waals surface area contributed by atoms with E-state index in [1.807, 2.05) is 26.8 Å². The van der Waals surface area contributed by atoms with Crippen molar-refractivity contribution in [2.24, 2.45) is 0 Å². The maximum atomic E-state index is 12.5. The molecule has 0 spiro atoms. The molecule has 0 fully saturated rings. The first kappa shape index (κ1) is 14.7. The van der Waals surface area contributed by atoms with Crippen LogP contribution in [0.1, 0.15) is 27.2 Å². The summed E-state index contributed by atoms with van der Waals surface area (Å²) < 4.78 is 27.1. The zero-order valence-corrected chi connectivity index (χ0v) is 12.8. The minimum Gasteiger partial charge on any atom is -0.207 e. The molecule has 0 aliphatic carbocycles. The highest BCUT2D eigenvalue weighted by molar-refractivity contribution is 9.10. The Morgan fingerprint density at radius 2 is 1.88 bits per heavy atom. The molecule has 0 N–H and O–H groups in total. The molecule has 1 rings (SSSR count). The van der Waals surface area contributed by atoms with Crippen LogP contribution >= 0.6 is 15.9 Å². The van der Waals surface area contributed by atoms with Gasteiger partial charge in [-0.2, -0.15) is 4.31 Å². The van der Waals surface area contributed by atoms with Crippen molar-refractivity contribution in [3.63, 3.8) is 0 Å². The van der Waals surface area contributed by atoms with Gasteiger partial charge in [0.2, 0.25) is 10.0 Å². The number of hydrogen-bond acceptors (Lipinski definition) is 2. The van der Waals surface area contributed by atoms with E-state index in [4.69, 9.17) is 0 Å². The number of halogens is 1. The van der Waals surface area contributed by atoms with Gasteiger partial charge in [-0.25, -0.2) is 8.42 Å². The fraction of sp³-hybridized carbons (Fsp3) is 0.500. The number of hydrogen-bond donors (Lipinski definition) is 0. The standard InChI is InChI=1S/C12H18BrNO2S/c1-4-9-14(10(2)3)17(15,16)12-8-6-5-7-11(12)13/h5-8,10H,4,9H2,1-3H3. The van der Waals surface area contributed by atoms with Crippen molar-refractivity contribution in [1.29, 1.82) is 0 Å². The third-order valence-electron chi connectivity index (χ3n) is 2.44. The number of sulfonamides is 1. The van der Waals surface area contributed by atoms with Crippen LogP contribution in [-0.2, 0) is 10.0 Å². The molecule has 1 aromatic carbocycles. The summed E-state index contributed by atoms with van der Waals surface area (Å²) in [6.07, 6.45) is 0.807. The number of rotatable bonds is 5. The highest BCUT2D eigenvalue weighted by atomic mass is 79.9. The molecule has 0 saturated carbocycles. The normalized spacial score (nSPS) is 12.4. The summed E-state index contributed by atoms with van der Waals surface area (Å²) in [6.45, 7) is 6.31. The first-order valence-corrected chi connectivity index (χ1v) is 7.91. The second-order valence-electron chi connectivity index (χ2n) is 4.14. The predicted molar refractivity (Wildman–Crippen MR) is 73.5 cm³/mol. The molecular formula is C12H18BrNO2S. The third kappa shape index (κ3) is 3.30. The fourth-order valence-corrected chi connectivity index (χ4v) is 4.35. The van der Waals surface area contributed by atoms with Crippen LogP contribution in [-0.4, -0.2) is 25.3 Å². The van der Waals surface area contributed by atoms with Gasteiger partial charge in [-0.15, -0.1) is 0 Å². The highest BCUT2D eigenvalue weighted by Gasteiger charge is 2.27. The van der Waals surface area contributed by atoms with Crippen LogP contribution in [0.2, 0.25) is 0 Å². The zero-order valence-electron chi connectivity index (χ0n) is 10.4. The van der Waals surface area contributed by atoms with Crippen LogP contribution in [0, 0.1) is 0 Å². The van der Waals surface area contributed by atoms with Crippen LogP contribution in [0.5, 0.6) is 0 Å². The van der Waals surface area contributed by atoms with E-state index >= 15 is 0 Å². The van der Waals surface area contributed by atoms with Gasteiger partial charge in [-0.05, 0) is 48.3 Å². The summed E-state index contributed by atoms with van der Waals surface area (Å²) in [7, 11) is -3.41. The molecule has 0 atom stereocenters. The van der Waals surface area contributed by atoms with Gasteiger partial charge in [-0.3, -0.25) is 0 Å². The van der Waals surface area contributed by atoms with E-state index in [1.165, 1.54) is 4.31 Å². The lowest BCUT2D eigenvalue weighted by Gasteiger charge is -2.25. The number of nitrogens with zero attached hydrogens (tertiary/aromatic N) is 1. The summed E-state index contributed by atoms with van der Waals surface area (Å²) in [4.78, 5) is 0.335. The molecule has 0 aliphatic rings. The van der Waals surface area contributed by atoms with Crippen molar-refractivity contribution in [3.8, 4) is 0 Å². The van der Waals surface area contributed by atoms with Crippen molar-refractivity contribution in [2.45, 2.75) is 38.1 Å². The van der Waals surface area contributed by atoms with E-state index in [-0.39, 0.29) is 6.04 Å². The maximum absolute atomic E-state index is 12.5. The van der Waals surface area contributed by atoms with Gasteiger partial charge in [0.15, 0.2) is 0 Å². The van der Waals surface area contributed by atoms with E-state index in [1.54, 1.807) is 18.2 Å². The minimum atomic E-state index is -3.41. The van der Waals surface area contributed by atoms with E-state index in [9.17, 15) is 8.42 Å². The Hall–Kier alpha value is -0.390. The molecule has 0 amide bonds. The number of benzene rings is 1. The summed E-state index contributed by atoms with van der Waals surface area (Å²) in [5.41, 5.74) is 0. The summed E-state index contributed by atoms with van der Waals surface area (Å²) in [5.74, 6) is 0. The fourth-order valence-electron chi connectivity index (χ4n) is 1.66. The molecule has 0 saturated heterocycles. The Balaban J connectivity index is 3.22. The lowest BCUT2D eigenvalue weighted by Crippen LogP contribution is -2.37. The van der Waals surface area contributed by atoms with Crippen LogP contribution in [0.3, 0.4) is 0 Å². The van der Waals surface area contributed by atoms with Crippen LogP contribution in [0.25, 0.3) is 0 Å². The molecule has 0 bridgehead atoms. The largest absolute Gasteiger partial charge is 0.244 e. The molecule has 0 aromatic heterocycles. The molecule has 0 aliphatic heterocycles. The topological polar surface area (TPSA) is 37.4 Å². The van der Waals surface area contributed by atoms with Crippen LogP contribution in [0.15, 0.2) is 33.6 Å². The average Bonchev–Trinajstić information content (AvgIpc) is 2.25. The van der Waals surface area contributed by atoms with Crippen molar-refractivity contribution >= 4 is 26.0 Å². The molecule has 17 heavy (non-hydrogen) atoms. The zero-order chi connectivity index (χ0) is 13.1. The lowest BCUT2D eigenvalue weighted by atomic mass is 10.4. The average molecular weight is 320 g/mol. The minimum absolute atomic E-state index is 0.0351. The van der Waals surface area contributed by atoms with Crippen molar-refractivity contribution < 1.29 is 8.42 Å². The smallest absolute Gasteiger partial charge is 0.207 e. The molecule has 96 valence electrons. The Kier molecular flexibility index (Phi) is 5.16. The van der Waals surface area contributed by atoms with Gasteiger partial charge in [0.1, 0.15) is 0 Å². The van der Waals surface area contributed by atoms with Gasteiger partial charge >= 0.3 is 0 Å². The van der Waals surface area contributed by atoms with Gasteiger partial charge in [-0.1, -0.05) is 19.1 Å². The van der Waals surface area contributed by atoms with Crippen molar-refractivity contribution in [3.05, 3.63) is 28.7 Å². The monoisotopic (exact) mass is 319 g/mol. The van der Waals surface area contributed by atoms with Crippen LogP contribution < -0.4 is 0 Å². The molecular weight excluding hydrogens is 302 g/mol. The Bertz CT molecular complexity index is 471. The highest BCUT2D eigenvalue weighted by Crippen LogP contribution is 2.25. The summed E-state index contributed by atoms with van der Waals surface area (Å²) >= 11 is 3.29. The van der Waals surface area contributed by atoms with Gasteiger partial charge in [0.05, 0.1) is 4.90 Å². The van der Waals surface area contributed by atoms with Gasteiger partial charge < -0.3 is 0 Å². The SMILES string of the molecule is CCCN(C(C)C)S(=O)(=O)c1ccccc1Br. The summed E-state index contributed by atoms with van der Waals surface area (Å²) in [5, 5.41) is 0. The molecule has 3 nitrogen and oxygen atoms in total. The Morgan fingerprint density at radius 1 is 1.29 bits per heavy atom. The molecule has 0 radical (unpaired) electrons. The van der Waals surface area contributed by atoms with E-state index in [0.29, 0.717) is 15.9 Å². The van der Waals surface area contributed by atoms with Crippen molar-refractivity contribution in [2.75, 3.05) is 6.54 Å². The molecule has 5 heteroatoms. The molecule has 0 unspecified atom stereocenters. The molecule has 1 aromatic rings. The Morgan fingerprint density at radius 3 is 2.35 bits per heavy atom. The lowest BCUT2D eigenvalue weighted by molar-refractivity contribution is 0.354. The first-order chi connectivity index (χ1) is 7.91. The van der Waals surface area contributed by atoms with E-state index < -0.39 is 10.0 Å². The Labute approximate surface area is 112 Å². The van der Waals surface area contributed by atoms with E-state index in [0.717, 1.165) is 6.42 Å². The van der Waals surface area contributed by atoms with Gasteiger partial charge in [0, 0.05) is 17.1 Å². The molecule has 0 heterocycles. The van der Waals surface area contributed by atoms with Crippen molar-refractivity contribution in [1.82, 2.24) is 4.31 Å². The first-order valence-electron chi connectivity index (χ1n) is 5.67.